The van der Waals surface area contributed by atoms with Gasteiger partial charge in [-0.15, -0.1) is 0 Å². The topological polar surface area (TPSA) is 88.2 Å². The Morgan fingerprint density at radius 2 is 1.38 bits per heavy atom. The van der Waals surface area contributed by atoms with E-state index in [1.54, 1.807) is 78.9 Å². The Morgan fingerprint density at radius 1 is 0.725 bits per heavy atom. The lowest BCUT2D eigenvalue weighted by Crippen LogP contribution is -2.34. The average molecular weight is 540 g/mol. The minimum Gasteiger partial charge on any atom is -0.308 e. The first-order chi connectivity index (χ1) is 19.2. The summed E-state index contributed by atoms with van der Waals surface area (Å²) < 4.78 is 41.5. The van der Waals surface area contributed by atoms with Crippen LogP contribution in [-0.2, 0) is 6.18 Å². The van der Waals surface area contributed by atoms with Crippen molar-refractivity contribution in [3.05, 3.63) is 132 Å². The van der Waals surface area contributed by atoms with Crippen molar-refractivity contribution in [2.24, 2.45) is 0 Å². The van der Waals surface area contributed by atoms with Gasteiger partial charge in [-0.2, -0.15) is 13.2 Å². The van der Waals surface area contributed by atoms with Crippen LogP contribution < -0.4 is 10.6 Å². The van der Waals surface area contributed by atoms with E-state index in [-0.39, 0.29) is 27.7 Å². The summed E-state index contributed by atoms with van der Waals surface area (Å²) in [6, 6.07) is 25.6. The number of halogens is 3. The first-order valence-corrected chi connectivity index (χ1v) is 12.1. The molecule has 40 heavy (non-hydrogen) atoms. The number of carbonyl (C=O) groups is 3. The molecule has 0 aliphatic heterocycles. The van der Waals surface area contributed by atoms with Crippen LogP contribution in [0.3, 0.4) is 0 Å². The van der Waals surface area contributed by atoms with Gasteiger partial charge < -0.3 is 5.32 Å². The van der Waals surface area contributed by atoms with Crippen molar-refractivity contribution in [2.45, 2.75) is 6.18 Å². The molecule has 2 N–H and O–H groups in total. The van der Waals surface area contributed by atoms with Crippen molar-refractivity contribution in [3.8, 4) is 11.1 Å². The molecule has 1 heterocycles. The number of pyridine rings is 1. The molecule has 0 spiro atoms. The van der Waals surface area contributed by atoms with Crippen LogP contribution in [0.2, 0.25) is 0 Å². The Kier molecular flexibility index (Phi) is 7.11. The van der Waals surface area contributed by atoms with Gasteiger partial charge in [0.25, 0.3) is 5.91 Å². The summed E-state index contributed by atoms with van der Waals surface area (Å²) in [4.78, 5) is 42.4. The van der Waals surface area contributed by atoms with Crippen molar-refractivity contribution in [1.29, 1.82) is 0 Å². The number of aromatic nitrogens is 1. The van der Waals surface area contributed by atoms with Crippen molar-refractivity contribution in [3.63, 3.8) is 0 Å². The molecule has 0 bridgehead atoms. The molecule has 0 saturated heterocycles. The highest BCUT2D eigenvalue weighted by Gasteiger charge is 2.34. The number of amides is 3. The maximum atomic E-state index is 13.8. The molecule has 198 valence electrons. The molecule has 4 aromatic carbocycles. The average Bonchev–Trinajstić information content (AvgIpc) is 2.96. The van der Waals surface area contributed by atoms with E-state index in [1.807, 2.05) is 0 Å². The fraction of sp³-hybridized carbons (Fsp3) is 0.0323. The van der Waals surface area contributed by atoms with Crippen molar-refractivity contribution in [2.75, 3.05) is 5.32 Å². The van der Waals surface area contributed by atoms with E-state index in [0.717, 1.165) is 12.3 Å². The van der Waals surface area contributed by atoms with Crippen LogP contribution in [0.4, 0.5) is 23.7 Å². The summed E-state index contributed by atoms with van der Waals surface area (Å²) in [5.74, 6) is -1.03. The summed E-state index contributed by atoms with van der Waals surface area (Å²) in [5.41, 5.74) is 0.346. The number of nitrogens with one attached hydrogen (secondary N) is 2. The van der Waals surface area contributed by atoms with Crippen LogP contribution >= 0.6 is 0 Å². The summed E-state index contributed by atoms with van der Waals surface area (Å²) in [7, 11) is 0. The first-order valence-electron chi connectivity index (χ1n) is 12.1. The zero-order valence-corrected chi connectivity index (χ0v) is 20.7. The predicted molar refractivity (Wildman–Crippen MR) is 145 cm³/mol. The molecule has 0 fully saturated rings. The number of rotatable bonds is 5. The highest BCUT2D eigenvalue weighted by molar-refractivity contribution is 6.17. The van der Waals surface area contributed by atoms with Gasteiger partial charge in [0.1, 0.15) is 0 Å². The third-order valence-electron chi connectivity index (χ3n) is 6.16. The smallest absolute Gasteiger partial charge is 0.308 e. The number of urea groups is 1. The number of carbonyl (C=O) groups excluding carboxylic acids is 3. The van der Waals surface area contributed by atoms with Crippen LogP contribution in [0.1, 0.15) is 31.8 Å². The number of fused-ring (bicyclic) bond motifs is 1. The summed E-state index contributed by atoms with van der Waals surface area (Å²) >= 11 is 0. The zero-order valence-electron chi connectivity index (χ0n) is 20.7. The number of nitrogens with zero attached hydrogens (tertiary/aromatic N) is 1. The fourth-order valence-corrected chi connectivity index (χ4v) is 4.36. The van der Waals surface area contributed by atoms with Gasteiger partial charge in [-0.3, -0.25) is 19.9 Å². The molecule has 5 aromatic rings. The lowest BCUT2D eigenvalue weighted by Gasteiger charge is -2.16. The Balaban J connectivity index is 1.57. The number of para-hydroxylation sites is 1. The summed E-state index contributed by atoms with van der Waals surface area (Å²) in [6.45, 7) is 0. The van der Waals surface area contributed by atoms with E-state index < -0.39 is 29.5 Å². The highest BCUT2D eigenvalue weighted by atomic mass is 19.4. The minimum absolute atomic E-state index is 0.0962. The van der Waals surface area contributed by atoms with Gasteiger partial charge in [-0.25, -0.2) is 4.79 Å². The normalized spacial score (nSPS) is 11.2. The van der Waals surface area contributed by atoms with Crippen LogP contribution in [0.25, 0.3) is 22.0 Å². The van der Waals surface area contributed by atoms with Gasteiger partial charge >= 0.3 is 12.2 Å². The molecular weight excluding hydrogens is 519 g/mol. The van der Waals surface area contributed by atoms with Crippen LogP contribution in [0, 0.1) is 0 Å². The molecule has 0 atom stereocenters. The minimum atomic E-state index is -4.67. The molecule has 1 aromatic heterocycles. The van der Waals surface area contributed by atoms with Gasteiger partial charge in [0.15, 0.2) is 5.78 Å². The largest absolute Gasteiger partial charge is 0.418 e. The van der Waals surface area contributed by atoms with E-state index in [0.29, 0.717) is 16.7 Å². The lowest BCUT2D eigenvalue weighted by molar-refractivity contribution is -0.136. The van der Waals surface area contributed by atoms with Gasteiger partial charge in [-0.05, 0) is 35.9 Å². The van der Waals surface area contributed by atoms with Crippen LogP contribution in [0.5, 0.6) is 0 Å². The Morgan fingerprint density at radius 3 is 2.05 bits per heavy atom. The van der Waals surface area contributed by atoms with Crippen LogP contribution in [0.15, 0.2) is 109 Å². The molecule has 9 heteroatoms. The van der Waals surface area contributed by atoms with E-state index in [4.69, 9.17) is 0 Å². The maximum absolute atomic E-state index is 13.8. The first kappa shape index (κ1) is 26.3. The Bertz CT molecular complexity index is 1740. The fourth-order valence-electron chi connectivity index (χ4n) is 4.36. The van der Waals surface area contributed by atoms with Gasteiger partial charge in [0.05, 0.1) is 11.1 Å². The second-order valence-corrected chi connectivity index (χ2v) is 8.80. The monoisotopic (exact) mass is 539 g/mol. The van der Waals surface area contributed by atoms with E-state index in [9.17, 15) is 27.6 Å². The number of ketones is 1. The third-order valence-corrected chi connectivity index (χ3v) is 6.16. The standard InChI is InChI=1S/C31H20F3N3O3/c32-31(33,34)25-16-8-15-23-26(24(18-35-27(23)25)28(38)19-9-3-1-4-10-19)21-13-7-14-22(17-21)36-30(40)37-29(39)20-11-5-2-6-12-20/h1-18H,(H2,36,37,39,40). The number of anilines is 1. The molecule has 0 unspecified atom stereocenters. The van der Waals surface area contributed by atoms with Gasteiger partial charge in [-0.1, -0.05) is 72.8 Å². The summed E-state index contributed by atoms with van der Waals surface area (Å²) in [5, 5.41) is 4.92. The third kappa shape index (κ3) is 5.44. The van der Waals surface area contributed by atoms with E-state index >= 15 is 0 Å². The second kappa shape index (κ2) is 10.8. The van der Waals surface area contributed by atoms with Gasteiger partial charge in [0.2, 0.25) is 0 Å². The SMILES string of the molecule is O=C(NC(=O)c1ccccc1)Nc1cccc(-c2c(C(=O)c3ccccc3)cnc3c(C(F)(F)F)cccc23)c1. The van der Waals surface area contributed by atoms with Crippen LogP contribution in [-0.4, -0.2) is 22.7 Å². The van der Waals surface area contributed by atoms with Crippen molar-refractivity contribution >= 4 is 34.3 Å². The second-order valence-electron chi connectivity index (χ2n) is 8.80. The number of benzene rings is 4. The van der Waals surface area contributed by atoms with Gasteiger partial charge in [0, 0.05) is 39.5 Å². The van der Waals surface area contributed by atoms with E-state index in [1.165, 1.54) is 18.2 Å². The molecule has 5 rings (SSSR count). The lowest BCUT2D eigenvalue weighted by atomic mass is 9.91. The number of alkyl halides is 3. The number of hydrogen-bond donors (Lipinski definition) is 2. The Labute approximate surface area is 226 Å². The molecule has 0 saturated carbocycles. The predicted octanol–water partition coefficient (Wildman–Crippen LogP) is 7.11. The molecule has 0 aliphatic carbocycles. The molecular formula is C31H20F3N3O3. The number of hydrogen-bond acceptors (Lipinski definition) is 4. The molecule has 0 aliphatic rings. The summed E-state index contributed by atoms with van der Waals surface area (Å²) in [6.07, 6.45) is -3.52. The number of imide groups is 1. The van der Waals surface area contributed by atoms with Crippen molar-refractivity contribution < 1.29 is 27.6 Å². The zero-order chi connectivity index (χ0) is 28.3. The van der Waals surface area contributed by atoms with Crippen molar-refractivity contribution in [1.82, 2.24) is 10.3 Å². The maximum Gasteiger partial charge on any atom is 0.418 e. The highest BCUT2D eigenvalue weighted by Crippen LogP contribution is 2.39. The Hall–Kier alpha value is -5.31. The van der Waals surface area contributed by atoms with E-state index in [2.05, 4.69) is 15.6 Å². The molecule has 6 nitrogen and oxygen atoms in total. The molecule has 0 radical (unpaired) electrons. The molecule has 3 amide bonds. The quantitative estimate of drug-likeness (QED) is 0.233.